The lowest BCUT2D eigenvalue weighted by Gasteiger charge is -2.34. The van der Waals surface area contributed by atoms with Gasteiger partial charge in [-0.2, -0.15) is 0 Å². The highest BCUT2D eigenvalue weighted by molar-refractivity contribution is 7.95. The third-order valence-electron chi connectivity index (χ3n) is 5.05. The van der Waals surface area contributed by atoms with Crippen molar-refractivity contribution in [2.24, 2.45) is 0 Å². The predicted molar refractivity (Wildman–Crippen MR) is 134 cm³/mol. The first-order chi connectivity index (χ1) is 14.8. The van der Waals surface area contributed by atoms with Gasteiger partial charge in [-0.1, -0.05) is 96.7 Å². The fourth-order valence-corrected chi connectivity index (χ4v) is 7.44. The molecule has 0 saturated carbocycles. The molecule has 3 aromatic rings. The van der Waals surface area contributed by atoms with Crippen molar-refractivity contribution in [3.8, 4) is 0 Å². The first-order valence-electron chi connectivity index (χ1n) is 10.6. The highest BCUT2D eigenvalue weighted by Crippen LogP contribution is 2.67. The Hall–Kier alpha value is -2.34. The SMILES string of the molecule is CC(C)N(C(C)C)P(=O)(Cl)C(=C=C(c1ccccc1)c1ccccc1)c1ccccc1. The first-order valence-corrected chi connectivity index (χ1v) is 13.1. The Morgan fingerprint density at radius 1 is 0.710 bits per heavy atom. The quantitative estimate of drug-likeness (QED) is 0.267. The fourth-order valence-electron chi connectivity index (χ4n) is 3.84. The average molecular weight is 450 g/mol. The van der Waals surface area contributed by atoms with E-state index >= 15 is 0 Å². The molecule has 0 aliphatic carbocycles. The zero-order chi connectivity index (χ0) is 22.4. The molecule has 0 N–H and O–H groups in total. The molecule has 160 valence electrons. The summed E-state index contributed by atoms with van der Waals surface area (Å²) in [5.74, 6) is 0. The minimum absolute atomic E-state index is 0.0146. The molecule has 0 saturated heterocycles. The van der Waals surface area contributed by atoms with Gasteiger partial charge in [0.25, 0.3) is 6.65 Å². The molecule has 3 rings (SSSR count). The lowest BCUT2D eigenvalue weighted by Crippen LogP contribution is -2.32. The van der Waals surface area contributed by atoms with Gasteiger partial charge in [0.05, 0.1) is 5.31 Å². The molecule has 1 unspecified atom stereocenters. The van der Waals surface area contributed by atoms with Crippen LogP contribution in [0.2, 0.25) is 0 Å². The van der Waals surface area contributed by atoms with E-state index in [1.807, 2.05) is 123 Å². The molecule has 3 aromatic carbocycles. The second-order valence-electron chi connectivity index (χ2n) is 8.02. The molecule has 1 atom stereocenters. The van der Waals surface area contributed by atoms with Crippen LogP contribution in [0.1, 0.15) is 44.4 Å². The summed E-state index contributed by atoms with van der Waals surface area (Å²) in [6, 6.07) is 29.9. The second kappa shape index (κ2) is 10.3. The summed E-state index contributed by atoms with van der Waals surface area (Å²) in [6.07, 6.45) is 0. The molecular formula is C27H29ClNOP. The Kier molecular flexibility index (Phi) is 7.76. The van der Waals surface area contributed by atoms with Gasteiger partial charge in [-0.15, -0.1) is 0 Å². The summed E-state index contributed by atoms with van der Waals surface area (Å²) in [5, 5.41) is 0.528. The zero-order valence-electron chi connectivity index (χ0n) is 18.5. The highest BCUT2D eigenvalue weighted by Gasteiger charge is 2.37. The summed E-state index contributed by atoms with van der Waals surface area (Å²) in [6.45, 7) is 4.65. The topological polar surface area (TPSA) is 20.3 Å². The first kappa shape index (κ1) is 23.3. The number of hydrogen-bond acceptors (Lipinski definition) is 1. The van der Waals surface area contributed by atoms with Crippen molar-refractivity contribution in [3.05, 3.63) is 113 Å². The van der Waals surface area contributed by atoms with Crippen LogP contribution >= 0.6 is 17.9 Å². The van der Waals surface area contributed by atoms with Crippen LogP contribution in [0.25, 0.3) is 10.9 Å². The Balaban J connectivity index is 2.41. The van der Waals surface area contributed by atoms with Crippen molar-refractivity contribution < 1.29 is 4.57 Å². The molecule has 0 heterocycles. The summed E-state index contributed by atoms with van der Waals surface area (Å²) in [4.78, 5) is 0. The van der Waals surface area contributed by atoms with Gasteiger partial charge in [-0.05, 0) is 55.6 Å². The van der Waals surface area contributed by atoms with Crippen LogP contribution in [0.4, 0.5) is 0 Å². The Morgan fingerprint density at radius 3 is 1.42 bits per heavy atom. The molecule has 0 radical (unpaired) electrons. The molecule has 0 bridgehead atoms. The van der Waals surface area contributed by atoms with E-state index in [-0.39, 0.29) is 12.1 Å². The van der Waals surface area contributed by atoms with Crippen LogP contribution in [0.5, 0.6) is 0 Å². The van der Waals surface area contributed by atoms with Gasteiger partial charge in [-0.3, -0.25) is 4.57 Å². The third kappa shape index (κ3) is 5.48. The maximum Gasteiger partial charge on any atom is 0.272 e. The molecule has 0 aromatic heterocycles. The van der Waals surface area contributed by atoms with Crippen LogP contribution in [-0.2, 0) is 4.57 Å². The van der Waals surface area contributed by atoms with Gasteiger partial charge in [0.2, 0.25) is 0 Å². The normalized spacial score (nSPS) is 13.2. The molecule has 0 amide bonds. The third-order valence-corrected chi connectivity index (χ3v) is 8.52. The van der Waals surface area contributed by atoms with Crippen molar-refractivity contribution in [1.82, 2.24) is 4.67 Å². The van der Waals surface area contributed by atoms with E-state index in [1.54, 1.807) is 0 Å². The summed E-state index contributed by atoms with van der Waals surface area (Å²) >= 11 is 6.98. The Morgan fingerprint density at radius 2 is 1.06 bits per heavy atom. The van der Waals surface area contributed by atoms with Gasteiger partial charge in [-0.25, -0.2) is 4.67 Å². The lowest BCUT2D eigenvalue weighted by molar-refractivity contribution is 0.310. The van der Waals surface area contributed by atoms with Crippen molar-refractivity contribution >= 4 is 28.8 Å². The van der Waals surface area contributed by atoms with Crippen LogP contribution in [0.3, 0.4) is 0 Å². The number of benzene rings is 3. The van der Waals surface area contributed by atoms with Gasteiger partial charge in [0, 0.05) is 17.7 Å². The maximum absolute atomic E-state index is 14.3. The van der Waals surface area contributed by atoms with Crippen molar-refractivity contribution in [2.45, 2.75) is 39.8 Å². The van der Waals surface area contributed by atoms with Gasteiger partial charge in [0.1, 0.15) is 0 Å². The van der Waals surface area contributed by atoms with E-state index in [4.69, 9.17) is 11.2 Å². The minimum Gasteiger partial charge on any atom is -0.283 e. The maximum atomic E-state index is 14.3. The Bertz CT molecular complexity index is 1050. The number of rotatable bonds is 7. The smallest absolute Gasteiger partial charge is 0.272 e. The number of nitrogens with zero attached hydrogens (tertiary/aromatic N) is 1. The van der Waals surface area contributed by atoms with Gasteiger partial charge in [0.15, 0.2) is 0 Å². The van der Waals surface area contributed by atoms with Gasteiger partial charge < -0.3 is 0 Å². The number of halogens is 1. The van der Waals surface area contributed by atoms with E-state index in [2.05, 4.69) is 5.73 Å². The van der Waals surface area contributed by atoms with Crippen LogP contribution < -0.4 is 0 Å². The largest absolute Gasteiger partial charge is 0.283 e. The number of hydrogen-bond donors (Lipinski definition) is 0. The zero-order valence-corrected chi connectivity index (χ0v) is 20.1. The monoisotopic (exact) mass is 449 g/mol. The molecule has 4 heteroatoms. The standard InChI is InChI=1S/C27H29ClNOP/c1-21(2)29(22(3)4)31(28,30)27(25-18-12-7-13-19-25)20-26(23-14-8-5-9-15-23)24-16-10-6-11-17-24/h5-19,21-22H,1-4H3. The molecule has 31 heavy (non-hydrogen) atoms. The van der Waals surface area contributed by atoms with Crippen LogP contribution in [-0.4, -0.2) is 16.8 Å². The summed E-state index contributed by atoms with van der Waals surface area (Å²) in [7, 11) is 0. The van der Waals surface area contributed by atoms with E-state index in [1.165, 1.54) is 0 Å². The van der Waals surface area contributed by atoms with Crippen molar-refractivity contribution in [2.75, 3.05) is 0 Å². The molecule has 0 aliphatic heterocycles. The molecular weight excluding hydrogens is 421 g/mol. The highest BCUT2D eigenvalue weighted by atomic mass is 35.7. The average Bonchev–Trinajstić information content (AvgIpc) is 2.75. The van der Waals surface area contributed by atoms with E-state index in [0.29, 0.717) is 5.31 Å². The van der Waals surface area contributed by atoms with Gasteiger partial charge >= 0.3 is 0 Å². The fraction of sp³-hybridized carbons (Fsp3) is 0.222. The van der Waals surface area contributed by atoms with Crippen LogP contribution in [0.15, 0.2) is 96.7 Å². The molecule has 2 nitrogen and oxygen atoms in total. The summed E-state index contributed by atoms with van der Waals surface area (Å²) < 4.78 is 16.2. The minimum atomic E-state index is -3.45. The van der Waals surface area contributed by atoms with E-state index in [9.17, 15) is 4.57 Å². The van der Waals surface area contributed by atoms with E-state index < -0.39 is 6.65 Å². The molecule has 0 fully saturated rings. The molecule has 0 aliphatic rings. The lowest BCUT2D eigenvalue weighted by atomic mass is 9.98. The van der Waals surface area contributed by atoms with E-state index in [0.717, 1.165) is 22.3 Å². The van der Waals surface area contributed by atoms with Crippen molar-refractivity contribution in [3.63, 3.8) is 0 Å². The predicted octanol–water partition coefficient (Wildman–Crippen LogP) is 8.31. The van der Waals surface area contributed by atoms with Crippen molar-refractivity contribution in [1.29, 1.82) is 0 Å². The Labute approximate surface area is 191 Å². The summed E-state index contributed by atoms with van der Waals surface area (Å²) in [5.41, 5.74) is 7.21. The molecule has 0 spiro atoms. The second-order valence-corrected chi connectivity index (χ2v) is 11.3. The van der Waals surface area contributed by atoms with Crippen LogP contribution in [0, 0.1) is 0 Å².